The van der Waals surface area contributed by atoms with Crippen LogP contribution in [-0.2, 0) is 6.54 Å². The zero-order chi connectivity index (χ0) is 20.8. The molecule has 6 nitrogen and oxygen atoms in total. The minimum Gasteiger partial charge on any atom is -0.493 e. The van der Waals surface area contributed by atoms with Crippen LogP contribution >= 0.6 is 11.3 Å². The third kappa shape index (κ3) is 4.79. The maximum absolute atomic E-state index is 5.54. The number of hydrogen-bond donors (Lipinski definition) is 0. The molecule has 3 aromatic rings. The molecule has 0 amide bonds. The highest BCUT2D eigenvalue weighted by atomic mass is 32.1. The number of ether oxygens (including phenoxy) is 3. The van der Waals surface area contributed by atoms with Gasteiger partial charge in [0.1, 0.15) is 0 Å². The number of thiazole rings is 1. The highest BCUT2D eigenvalue weighted by molar-refractivity contribution is 7.07. The molecular weight excluding hydrogens is 386 g/mol. The van der Waals surface area contributed by atoms with Crippen molar-refractivity contribution < 1.29 is 14.2 Å². The van der Waals surface area contributed by atoms with Gasteiger partial charge in [0.05, 0.1) is 38.9 Å². The Morgan fingerprint density at radius 1 is 1.10 bits per heavy atom. The Bertz CT molecular complexity index is 985. The van der Waals surface area contributed by atoms with E-state index in [1.165, 1.54) is 0 Å². The molecule has 0 saturated carbocycles. The van der Waals surface area contributed by atoms with Crippen molar-refractivity contribution in [3.63, 3.8) is 0 Å². The average molecular weight is 414 g/mol. The zero-order valence-electron chi connectivity index (χ0n) is 17.5. The van der Waals surface area contributed by atoms with E-state index in [4.69, 9.17) is 19.2 Å². The summed E-state index contributed by atoms with van der Waals surface area (Å²) in [7, 11) is 4.87. The fourth-order valence-electron chi connectivity index (χ4n) is 3.01. The number of hydrogen-bond acceptors (Lipinski definition) is 6. The van der Waals surface area contributed by atoms with Crippen LogP contribution in [-0.4, -0.2) is 30.9 Å². The summed E-state index contributed by atoms with van der Waals surface area (Å²) in [4.78, 5) is 9.92. The average Bonchev–Trinajstić information content (AvgIpc) is 3.14. The van der Waals surface area contributed by atoms with Crippen LogP contribution in [0.1, 0.15) is 20.3 Å². The molecule has 0 saturated heterocycles. The summed E-state index contributed by atoms with van der Waals surface area (Å²) in [5.74, 6) is 2.44. The molecule has 1 aromatic carbocycles. The molecule has 154 valence electrons. The fourth-order valence-corrected chi connectivity index (χ4v) is 3.97. The van der Waals surface area contributed by atoms with E-state index in [2.05, 4.69) is 28.8 Å². The van der Waals surface area contributed by atoms with Crippen molar-refractivity contribution in [3.05, 3.63) is 46.8 Å². The van der Waals surface area contributed by atoms with Gasteiger partial charge in [-0.3, -0.25) is 4.98 Å². The fraction of sp³-hybridized carbons (Fsp3) is 0.364. The SMILES string of the molecule is COc1cc(-c2csc(=Nc3cccnc3)n2CCC(C)C)cc(OC)c1OC. The van der Waals surface area contributed by atoms with E-state index in [-0.39, 0.29) is 0 Å². The molecule has 2 aromatic heterocycles. The minimum atomic E-state index is 0.585. The zero-order valence-corrected chi connectivity index (χ0v) is 18.3. The Hall–Kier alpha value is -2.80. The van der Waals surface area contributed by atoms with Crippen molar-refractivity contribution in [1.82, 2.24) is 9.55 Å². The lowest BCUT2D eigenvalue weighted by atomic mass is 10.1. The summed E-state index contributed by atoms with van der Waals surface area (Å²) in [5.41, 5.74) is 2.90. The topological polar surface area (TPSA) is 57.9 Å². The summed E-state index contributed by atoms with van der Waals surface area (Å²) in [6, 6.07) is 7.80. The Morgan fingerprint density at radius 3 is 2.38 bits per heavy atom. The summed E-state index contributed by atoms with van der Waals surface area (Å²) in [5, 5.41) is 2.12. The molecular formula is C22H27N3O3S. The van der Waals surface area contributed by atoms with Crippen molar-refractivity contribution >= 4 is 17.0 Å². The van der Waals surface area contributed by atoms with Crippen molar-refractivity contribution in [1.29, 1.82) is 0 Å². The van der Waals surface area contributed by atoms with E-state index in [0.29, 0.717) is 23.2 Å². The van der Waals surface area contributed by atoms with Gasteiger partial charge in [-0.05, 0) is 36.6 Å². The van der Waals surface area contributed by atoms with Crippen molar-refractivity contribution in [2.75, 3.05) is 21.3 Å². The van der Waals surface area contributed by atoms with E-state index in [0.717, 1.165) is 34.7 Å². The normalized spacial score (nSPS) is 11.7. The second-order valence-corrected chi connectivity index (χ2v) is 7.81. The molecule has 0 unspecified atom stereocenters. The summed E-state index contributed by atoms with van der Waals surface area (Å²) in [6.07, 6.45) is 4.57. The lowest BCUT2D eigenvalue weighted by Crippen LogP contribution is -2.17. The van der Waals surface area contributed by atoms with E-state index < -0.39 is 0 Å². The number of rotatable bonds is 8. The number of nitrogens with zero attached hydrogens (tertiary/aromatic N) is 3. The predicted molar refractivity (Wildman–Crippen MR) is 116 cm³/mol. The second kappa shape index (κ2) is 9.60. The van der Waals surface area contributed by atoms with Gasteiger partial charge in [0.15, 0.2) is 16.3 Å². The van der Waals surface area contributed by atoms with Gasteiger partial charge >= 0.3 is 0 Å². The quantitative estimate of drug-likeness (QED) is 0.526. The maximum Gasteiger partial charge on any atom is 0.203 e. The van der Waals surface area contributed by atoms with E-state index >= 15 is 0 Å². The minimum absolute atomic E-state index is 0.585. The van der Waals surface area contributed by atoms with Crippen molar-refractivity contribution in [2.24, 2.45) is 10.9 Å². The van der Waals surface area contributed by atoms with Crippen LogP contribution < -0.4 is 19.0 Å². The first kappa shape index (κ1) is 20.9. The number of benzene rings is 1. The lowest BCUT2D eigenvalue weighted by molar-refractivity contribution is 0.324. The van der Waals surface area contributed by atoms with E-state index in [1.54, 1.807) is 45.1 Å². The molecule has 0 aliphatic carbocycles. The molecule has 0 bridgehead atoms. The molecule has 2 heterocycles. The molecule has 0 aliphatic heterocycles. The Morgan fingerprint density at radius 2 is 1.83 bits per heavy atom. The van der Waals surface area contributed by atoms with Crippen LogP contribution in [0.4, 0.5) is 5.69 Å². The van der Waals surface area contributed by atoms with Crippen LogP contribution in [0.25, 0.3) is 11.3 Å². The standard InChI is InChI=1S/C22H27N3O3S/c1-15(2)8-10-25-18(14-29-22(25)24-17-7-6-9-23-13-17)16-11-19(26-3)21(28-5)20(12-16)27-4/h6-7,9,11-15H,8,10H2,1-5H3. The Labute approximate surface area is 175 Å². The third-order valence-electron chi connectivity index (χ3n) is 4.56. The molecule has 7 heteroatoms. The predicted octanol–water partition coefficient (Wildman–Crippen LogP) is 4.92. The van der Waals surface area contributed by atoms with Gasteiger partial charge in [0.2, 0.25) is 5.75 Å². The van der Waals surface area contributed by atoms with Crippen LogP contribution in [0.3, 0.4) is 0 Å². The first-order valence-electron chi connectivity index (χ1n) is 9.50. The van der Waals surface area contributed by atoms with Crippen LogP contribution in [0, 0.1) is 5.92 Å². The molecule has 29 heavy (non-hydrogen) atoms. The van der Waals surface area contributed by atoms with Gasteiger partial charge in [0, 0.05) is 23.7 Å². The Balaban J connectivity index is 2.15. The van der Waals surface area contributed by atoms with Gasteiger partial charge < -0.3 is 18.8 Å². The molecule has 0 spiro atoms. The molecule has 3 rings (SSSR count). The first-order chi connectivity index (χ1) is 14.1. The molecule has 0 N–H and O–H groups in total. The van der Waals surface area contributed by atoms with Gasteiger partial charge in [-0.2, -0.15) is 0 Å². The van der Waals surface area contributed by atoms with Gasteiger partial charge in [-0.25, -0.2) is 4.99 Å². The highest BCUT2D eigenvalue weighted by Crippen LogP contribution is 2.41. The van der Waals surface area contributed by atoms with E-state index in [9.17, 15) is 0 Å². The molecule has 0 atom stereocenters. The largest absolute Gasteiger partial charge is 0.493 e. The summed E-state index contributed by atoms with van der Waals surface area (Å²) < 4.78 is 18.8. The first-order valence-corrected chi connectivity index (χ1v) is 10.4. The Kier molecular flexibility index (Phi) is 6.93. The molecule has 0 aliphatic rings. The maximum atomic E-state index is 5.54. The van der Waals surface area contributed by atoms with Crippen LogP contribution in [0.15, 0.2) is 47.0 Å². The van der Waals surface area contributed by atoms with Gasteiger partial charge in [-0.1, -0.05) is 13.8 Å². The van der Waals surface area contributed by atoms with Crippen molar-refractivity contribution in [2.45, 2.75) is 26.8 Å². The number of pyridine rings is 1. The molecule has 0 fully saturated rings. The number of aromatic nitrogens is 2. The van der Waals surface area contributed by atoms with Crippen LogP contribution in [0.2, 0.25) is 0 Å². The van der Waals surface area contributed by atoms with E-state index in [1.807, 2.05) is 24.3 Å². The monoisotopic (exact) mass is 413 g/mol. The van der Waals surface area contributed by atoms with Crippen molar-refractivity contribution in [3.8, 4) is 28.5 Å². The lowest BCUT2D eigenvalue weighted by Gasteiger charge is -2.16. The third-order valence-corrected chi connectivity index (χ3v) is 5.42. The highest BCUT2D eigenvalue weighted by Gasteiger charge is 2.17. The van der Waals surface area contributed by atoms with Crippen LogP contribution in [0.5, 0.6) is 17.2 Å². The van der Waals surface area contributed by atoms with Gasteiger partial charge in [0.25, 0.3) is 0 Å². The smallest absolute Gasteiger partial charge is 0.203 e. The molecule has 0 radical (unpaired) electrons. The summed E-state index contributed by atoms with van der Waals surface area (Å²) in [6.45, 7) is 5.32. The van der Waals surface area contributed by atoms with Gasteiger partial charge in [-0.15, -0.1) is 11.3 Å². The number of methoxy groups -OCH3 is 3. The second-order valence-electron chi connectivity index (χ2n) is 6.97. The summed E-state index contributed by atoms with van der Waals surface area (Å²) >= 11 is 1.61.